The molecule has 10 heteroatoms. The van der Waals surface area contributed by atoms with Gasteiger partial charge in [0, 0.05) is 21.7 Å². The van der Waals surface area contributed by atoms with E-state index in [1.807, 2.05) is 0 Å². The van der Waals surface area contributed by atoms with E-state index in [-0.39, 0.29) is 22.4 Å². The van der Waals surface area contributed by atoms with E-state index in [2.05, 4.69) is 21.2 Å². The molecule has 4 rings (SSSR count). The van der Waals surface area contributed by atoms with Crippen molar-refractivity contribution >= 4 is 33.5 Å². The molecule has 2 aromatic carbocycles. The second-order valence-corrected chi connectivity index (χ2v) is 6.77. The first kappa shape index (κ1) is 16.5. The molecule has 0 aromatic heterocycles. The van der Waals surface area contributed by atoms with Crippen LogP contribution in [0.15, 0.2) is 40.9 Å². The number of hydrogen-bond donors (Lipinski definition) is 3. The summed E-state index contributed by atoms with van der Waals surface area (Å²) in [4.78, 5) is 35.3. The van der Waals surface area contributed by atoms with Crippen LogP contribution in [0.1, 0.15) is 21.5 Å². The number of fused-ring (bicyclic) bond motifs is 5. The maximum Gasteiger partial charge on any atom is 0.405 e. The summed E-state index contributed by atoms with van der Waals surface area (Å²) < 4.78 is 6.12. The average molecular weight is 421 g/mol. The molecule has 1 aliphatic heterocycles. The standard InChI is InChI=1S/C16H9BrN2O7/c17-7-4-5-9-11(6-7)26-16(23)12-8(2-1-3-10(12)19(24)25)13(20)15(9,16)18-14(21)22/h1-6,18,23H,(H,21,22). The average Bonchev–Trinajstić information content (AvgIpc) is 2.91. The van der Waals surface area contributed by atoms with Crippen molar-refractivity contribution in [3.63, 3.8) is 0 Å². The lowest BCUT2D eigenvalue weighted by atomic mass is 9.83. The molecule has 132 valence electrons. The van der Waals surface area contributed by atoms with Crippen molar-refractivity contribution < 1.29 is 29.5 Å². The van der Waals surface area contributed by atoms with Gasteiger partial charge in [-0.25, -0.2) is 4.79 Å². The lowest BCUT2D eigenvalue weighted by Crippen LogP contribution is -2.59. The zero-order chi connectivity index (χ0) is 18.9. The minimum Gasteiger partial charge on any atom is -0.465 e. The van der Waals surface area contributed by atoms with Crippen LogP contribution in [0.2, 0.25) is 0 Å². The molecule has 3 N–H and O–H groups in total. The van der Waals surface area contributed by atoms with Crippen molar-refractivity contribution in [3.8, 4) is 5.75 Å². The monoisotopic (exact) mass is 420 g/mol. The van der Waals surface area contributed by atoms with Gasteiger partial charge in [-0.05, 0) is 12.1 Å². The van der Waals surface area contributed by atoms with Crippen LogP contribution >= 0.6 is 15.9 Å². The Bertz CT molecular complexity index is 1020. The lowest BCUT2D eigenvalue weighted by molar-refractivity contribution is -0.388. The van der Waals surface area contributed by atoms with Gasteiger partial charge in [0.15, 0.2) is 0 Å². The molecule has 2 aromatic rings. The highest BCUT2D eigenvalue weighted by molar-refractivity contribution is 9.10. The predicted molar refractivity (Wildman–Crippen MR) is 88.9 cm³/mol. The van der Waals surface area contributed by atoms with Gasteiger partial charge in [0.1, 0.15) is 11.3 Å². The molecular weight excluding hydrogens is 412 g/mol. The predicted octanol–water partition coefficient (Wildman–Crippen LogP) is 2.25. The van der Waals surface area contributed by atoms with Gasteiger partial charge >= 0.3 is 6.09 Å². The number of carbonyl (C=O) groups excluding carboxylic acids is 1. The molecule has 0 fully saturated rings. The number of Topliss-reactive ketones (excluding diaryl/α,β-unsaturated/α-hetero) is 1. The minimum atomic E-state index is -2.59. The van der Waals surface area contributed by atoms with E-state index in [9.17, 15) is 29.9 Å². The number of aliphatic hydroxyl groups is 1. The summed E-state index contributed by atoms with van der Waals surface area (Å²) in [6.07, 6.45) is -1.59. The molecule has 0 bridgehead atoms. The van der Waals surface area contributed by atoms with Crippen molar-refractivity contribution in [2.45, 2.75) is 11.3 Å². The molecule has 2 atom stereocenters. The number of carbonyl (C=O) groups is 2. The highest BCUT2D eigenvalue weighted by Crippen LogP contribution is 2.60. The topological polar surface area (TPSA) is 139 Å². The molecule has 0 saturated heterocycles. The second-order valence-electron chi connectivity index (χ2n) is 5.85. The molecule has 0 radical (unpaired) electrons. The Labute approximate surface area is 153 Å². The van der Waals surface area contributed by atoms with Crippen LogP contribution in [-0.2, 0) is 11.3 Å². The Hall–Kier alpha value is -2.98. The van der Waals surface area contributed by atoms with Crippen molar-refractivity contribution in [3.05, 3.63) is 67.7 Å². The number of ketones is 1. The summed E-state index contributed by atoms with van der Waals surface area (Å²) in [5, 5.41) is 34.1. The number of carboxylic acid groups (broad SMARTS) is 1. The van der Waals surface area contributed by atoms with Crippen LogP contribution in [0.5, 0.6) is 5.75 Å². The third kappa shape index (κ3) is 1.77. The first-order valence-corrected chi connectivity index (χ1v) is 8.07. The van der Waals surface area contributed by atoms with Crippen LogP contribution in [0, 0.1) is 10.1 Å². The van der Waals surface area contributed by atoms with Gasteiger partial charge in [-0.15, -0.1) is 0 Å². The number of nitro groups is 1. The Morgan fingerprint density at radius 1 is 1.31 bits per heavy atom. The second kappa shape index (κ2) is 5.02. The normalized spacial score (nSPS) is 25.1. The fourth-order valence-electron chi connectivity index (χ4n) is 3.63. The van der Waals surface area contributed by atoms with E-state index >= 15 is 0 Å². The van der Waals surface area contributed by atoms with Crippen LogP contribution in [0.3, 0.4) is 0 Å². The fourth-order valence-corrected chi connectivity index (χ4v) is 3.97. The van der Waals surface area contributed by atoms with Crippen molar-refractivity contribution in [1.29, 1.82) is 0 Å². The quantitative estimate of drug-likeness (QED) is 0.499. The summed E-state index contributed by atoms with van der Waals surface area (Å²) >= 11 is 3.22. The summed E-state index contributed by atoms with van der Waals surface area (Å²) in [6.45, 7) is 0. The van der Waals surface area contributed by atoms with E-state index in [4.69, 9.17) is 4.74 Å². The third-order valence-corrected chi connectivity index (χ3v) is 5.06. The van der Waals surface area contributed by atoms with Crippen molar-refractivity contribution in [2.75, 3.05) is 0 Å². The molecule has 1 heterocycles. The number of halogens is 1. The van der Waals surface area contributed by atoms with Gasteiger partial charge in [0.25, 0.3) is 11.5 Å². The zero-order valence-corrected chi connectivity index (χ0v) is 14.3. The van der Waals surface area contributed by atoms with E-state index < -0.39 is 33.8 Å². The number of nitro benzene ring substituents is 1. The van der Waals surface area contributed by atoms with Gasteiger partial charge in [-0.2, -0.15) is 0 Å². The van der Waals surface area contributed by atoms with Gasteiger partial charge in [0.05, 0.1) is 4.92 Å². The Kier molecular flexibility index (Phi) is 3.18. The molecular formula is C16H9BrN2O7. The minimum absolute atomic E-state index is 0.0350. The number of amides is 1. The summed E-state index contributed by atoms with van der Waals surface area (Å²) in [5.74, 6) is -3.39. The molecule has 0 spiro atoms. The largest absolute Gasteiger partial charge is 0.465 e. The highest BCUT2D eigenvalue weighted by atomic mass is 79.9. The summed E-state index contributed by atoms with van der Waals surface area (Å²) in [5.41, 5.74) is -3.27. The molecule has 1 amide bonds. The van der Waals surface area contributed by atoms with E-state index in [0.29, 0.717) is 4.47 Å². The van der Waals surface area contributed by atoms with Gasteiger partial charge in [-0.1, -0.05) is 34.1 Å². The van der Waals surface area contributed by atoms with Crippen LogP contribution in [-0.4, -0.2) is 27.0 Å². The molecule has 0 saturated carbocycles. The zero-order valence-electron chi connectivity index (χ0n) is 12.7. The van der Waals surface area contributed by atoms with E-state index in [1.165, 1.54) is 24.3 Å². The van der Waals surface area contributed by atoms with Crippen LogP contribution in [0.4, 0.5) is 10.5 Å². The lowest BCUT2D eigenvalue weighted by Gasteiger charge is -2.33. The van der Waals surface area contributed by atoms with E-state index in [0.717, 1.165) is 6.07 Å². The number of rotatable bonds is 2. The maximum atomic E-state index is 13.2. The van der Waals surface area contributed by atoms with Gasteiger partial charge < -0.3 is 14.9 Å². The van der Waals surface area contributed by atoms with Crippen molar-refractivity contribution in [2.24, 2.45) is 0 Å². The van der Waals surface area contributed by atoms with Crippen LogP contribution in [0.25, 0.3) is 0 Å². The first-order valence-electron chi connectivity index (χ1n) is 7.27. The van der Waals surface area contributed by atoms with E-state index in [1.54, 1.807) is 6.07 Å². The number of nitrogens with one attached hydrogen (secondary N) is 1. The van der Waals surface area contributed by atoms with Crippen LogP contribution < -0.4 is 10.1 Å². The molecule has 2 aliphatic rings. The van der Waals surface area contributed by atoms with Gasteiger partial charge in [0.2, 0.25) is 11.3 Å². The summed E-state index contributed by atoms with van der Waals surface area (Å²) in [7, 11) is 0. The first-order chi connectivity index (χ1) is 12.2. The number of ether oxygens (including phenoxy) is 1. The Morgan fingerprint density at radius 2 is 2.04 bits per heavy atom. The summed E-state index contributed by atoms with van der Waals surface area (Å²) in [6, 6.07) is 8.10. The number of benzene rings is 2. The van der Waals surface area contributed by atoms with Gasteiger partial charge in [-0.3, -0.25) is 20.2 Å². The molecule has 26 heavy (non-hydrogen) atoms. The SMILES string of the molecule is O=C(O)NC12C(=O)c3cccc([N+](=O)[O-])c3C1(O)Oc1cc(Br)ccc12. The smallest absolute Gasteiger partial charge is 0.405 e. The maximum absolute atomic E-state index is 13.2. The number of hydrogen-bond acceptors (Lipinski definition) is 6. The van der Waals surface area contributed by atoms with Crippen molar-refractivity contribution in [1.82, 2.24) is 5.32 Å². The third-order valence-electron chi connectivity index (χ3n) is 4.57. The molecule has 2 unspecified atom stereocenters. The Balaban J connectivity index is 2.10. The molecule has 1 aliphatic carbocycles. The fraction of sp³-hybridized carbons (Fsp3) is 0.125. The Morgan fingerprint density at radius 3 is 2.69 bits per heavy atom. The number of nitrogens with zero attached hydrogens (tertiary/aromatic N) is 1. The highest BCUT2D eigenvalue weighted by Gasteiger charge is 2.73. The molecule has 9 nitrogen and oxygen atoms in total.